The second-order valence-corrected chi connectivity index (χ2v) is 6.17. The zero-order valence-electron chi connectivity index (χ0n) is 13.0. The van der Waals surface area contributed by atoms with Gasteiger partial charge in [0.25, 0.3) is 0 Å². The van der Waals surface area contributed by atoms with Crippen LogP contribution in [0.3, 0.4) is 0 Å². The summed E-state index contributed by atoms with van der Waals surface area (Å²) < 4.78 is 25.0. The number of nitriles is 3. The molecule has 0 aromatic heterocycles. The Balaban J connectivity index is 2.34. The van der Waals surface area contributed by atoms with Gasteiger partial charge in [-0.05, 0) is 17.7 Å². The van der Waals surface area contributed by atoms with Gasteiger partial charge in [-0.25, -0.2) is 4.39 Å². The van der Waals surface area contributed by atoms with Crippen molar-refractivity contribution in [1.82, 2.24) is 0 Å². The topological polar surface area (TPSA) is 114 Å². The number of nitrogens with zero attached hydrogens (tertiary/aromatic N) is 3. The zero-order chi connectivity index (χ0) is 17.8. The number of benzene rings is 1. The van der Waals surface area contributed by atoms with E-state index in [1.165, 1.54) is 18.2 Å². The van der Waals surface area contributed by atoms with Crippen LogP contribution >= 0.6 is 0 Å². The lowest BCUT2D eigenvalue weighted by Gasteiger charge is -2.47. The van der Waals surface area contributed by atoms with Crippen LogP contribution in [0.5, 0.6) is 0 Å². The van der Waals surface area contributed by atoms with Crippen LogP contribution in [0.1, 0.15) is 25.5 Å². The van der Waals surface area contributed by atoms with Crippen molar-refractivity contribution in [1.29, 1.82) is 21.2 Å². The minimum Gasteiger partial charge on any atom is -0.448 e. The van der Waals surface area contributed by atoms with E-state index < -0.39 is 40.4 Å². The summed E-state index contributed by atoms with van der Waals surface area (Å²) in [5, 5.41) is 37.6. The van der Waals surface area contributed by atoms with E-state index in [4.69, 9.17) is 14.9 Å². The summed E-state index contributed by atoms with van der Waals surface area (Å²) in [4.78, 5) is 0. The predicted molar refractivity (Wildman–Crippen MR) is 78.3 cm³/mol. The van der Waals surface area contributed by atoms with Gasteiger partial charge in [0.05, 0.1) is 24.1 Å². The third kappa shape index (κ3) is 1.56. The van der Waals surface area contributed by atoms with Crippen molar-refractivity contribution in [2.45, 2.75) is 25.7 Å². The molecule has 2 heterocycles. The predicted octanol–water partition coefficient (Wildman–Crippen LogP) is 2.80. The first-order valence-electron chi connectivity index (χ1n) is 7.26. The summed E-state index contributed by atoms with van der Waals surface area (Å²) >= 11 is 0. The van der Waals surface area contributed by atoms with Crippen LogP contribution in [-0.4, -0.2) is 11.7 Å². The first kappa shape index (κ1) is 15.9. The Labute approximate surface area is 138 Å². The monoisotopic (exact) mass is 324 g/mol. The van der Waals surface area contributed by atoms with Crippen molar-refractivity contribution in [2.75, 3.05) is 0 Å². The van der Waals surface area contributed by atoms with E-state index in [1.54, 1.807) is 13.8 Å². The van der Waals surface area contributed by atoms with E-state index in [9.17, 15) is 20.2 Å². The maximum absolute atomic E-state index is 13.7. The Hall–Kier alpha value is -2.95. The average Bonchev–Trinajstić information content (AvgIpc) is 2.70. The van der Waals surface area contributed by atoms with Gasteiger partial charge in [-0.15, -0.1) is 0 Å². The second-order valence-electron chi connectivity index (χ2n) is 6.17. The molecule has 2 aliphatic rings. The highest BCUT2D eigenvalue weighted by atomic mass is 19.1. The summed E-state index contributed by atoms with van der Waals surface area (Å²) in [5.41, 5.74) is -3.60. The molecule has 1 N–H and O–H groups in total. The molecule has 0 radical (unpaired) electrons. The molecule has 6 nitrogen and oxygen atoms in total. The number of ether oxygens (including phenoxy) is 2. The lowest BCUT2D eigenvalue weighted by Crippen LogP contribution is -2.57. The van der Waals surface area contributed by atoms with Gasteiger partial charge in [-0.1, -0.05) is 19.1 Å². The van der Waals surface area contributed by atoms with E-state index in [0.717, 1.165) is 6.07 Å². The van der Waals surface area contributed by atoms with Crippen molar-refractivity contribution in [3.63, 3.8) is 0 Å². The Morgan fingerprint density at radius 2 is 1.88 bits per heavy atom. The number of nitrogens with one attached hydrogen (secondary N) is 1. The molecule has 0 spiro atoms. The Kier molecular flexibility index (Phi) is 3.17. The number of hydrogen-bond acceptors (Lipinski definition) is 6. The average molecular weight is 324 g/mol. The standard InChI is InChI=1S/C17H13FN4O2/c1-10-15(2)23-13(11-4-3-5-12(18)6-11)16(7-19,8-20)17(10,9-21)14(22)24-15/h3-6,10,13,22H,1-2H3/t10-,13+,15+,17-/m0/s1. The fourth-order valence-corrected chi connectivity index (χ4v) is 3.68. The van der Waals surface area contributed by atoms with E-state index in [2.05, 4.69) is 0 Å². The zero-order valence-corrected chi connectivity index (χ0v) is 13.0. The lowest BCUT2D eigenvalue weighted by atomic mass is 9.54. The summed E-state index contributed by atoms with van der Waals surface area (Å²) in [6.45, 7) is 3.16. The van der Waals surface area contributed by atoms with E-state index in [-0.39, 0.29) is 5.56 Å². The molecule has 0 unspecified atom stereocenters. The third-order valence-corrected chi connectivity index (χ3v) is 5.15. The maximum atomic E-state index is 13.7. The van der Waals surface area contributed by atoms with Gasteiger partial charge in [0.15, 0.2) is 5.41 Å². The van der Waals surface area contributed by atoms with Crippen molar-refractivity contribution >= 4 is 5.90 Å². The Bertz CT molecular complexity index is 851. The SMILES string of the molecule is C[C@H]1[C@@]2(C)OC(=N)[C@@]1(C#N)C(C#N)(C#N)[C@@H](c1cccc(F)c1)O2. The van der Waals surface area contributed by atoms with Crippen molar-refractivity contribution in [2.24, 2.45) is 16.7 Å². The number of fused-ring (bicyclic) bond motifs is 2. The second kappa shape index (κ2) is 4.77. The van der Waals surface area contributed by atoms with Crippen LogP contribution in [0.2, 0.25) is 0 Å². The minimum absolute atomic E-state index is 0.245. The first-order valence-corrected chi connectivity index (χ1v) is 7.26. The number of halogens is 1. The van der Waals surface area contributed by atoms with Crippen molar-refractivity contribution in [3.8, 4) is 18.2 Å². The van der Waals surface area contributed by atoms with Gasteiger partial charge in [0, 0.05) is 6.92 Å². The van der Waals surface area contributed by atoms with Crippen LogP contribution in [-0.2, 0) is 9.47 Å². The van der Waals surface area contributed by atoms with Gasteiger partial charge in [0.2, 0.25) is 17.1 Å². The molecule has 24 heavy (non-hydrogen) atoms. The van der Waals surface area contributed by atoms with Gasteiger partial charge < -0.3 is 9.47 Å². The van der Waals surface area contributed by atoms with Crippen LogP contribution in [0, 0.1) is 62.0 Å². The lowest BCUT2D eigenvalue weighted by molar-refractivity contribution is -0.268. The largest absolute Gasteiger partial charge is 0.448 e. The number of rotatable bonds is 1. The molecule has 0 aliphatic carbocycles. The molecule has 0 amide bonds. The van der Waals surface area contributed by atoms with E-state index in [1.807, 2.05) is 18.2 Å². The van der Waals surface area contributed by atoms with Crippen LogP contribution in [0.25, 0.3) is 0 Å². The molecule has 2 fully saturated rings. The molecule has 4 atom stereocenters. The molecule has 2 aliphatic heterocycles. The Morgan fingerprint density at radius 3 is 2.42 bits per heavy atom. The molecule has 2 bridgehead atoms. The fourth-order valence-electron chi connectivity index (χ4n) is 3.68. The van der Waals surface area contributed by atoms with Gasteiger partial charge in [-0.3, -0.25) is 5.41 Å². The van der Waals surface area contributed by atoms with Gasteiger partial charge in [0.1, 0.15) is 11.9 Å². The highest BCUT2D eigenvalue weighted by Gasteiger charge is 2.78. The molecular formula is C17H13FN4O2. The molecule has 1 aromatic carbocycles. The Morgan fingerprint density at radius 1 is 1.21 bits per heavy atom. The van der Waals surface area contributed by atoms with Crippen molar-refractivity contribution < 1.29 is 13.9 Å². The molecular weight excluding hydrogens is 311 g/mol. The molecule has 2 saturated heterocycles. The summed E-state index contributed by atoms with van der Waals surface area (Å²) in [6, 6.07) is 11.1. The van der Waals surface area contributed by atoms with Crippen LogP contribution in [0.15, 0.2) is 24.3 Å². The van der Waals surface area contributed by atoms with Crippen LogP contribution in [0.4, 0.5) is 4.39 Å². The highest BCUT2D eigenvalue weighted by Crippen LogP contribution is 2.66. The normalized spacial score (nSPS) is 36.1. The summed E-state index contributed by atoms with van der Waals surface area (Å²) in [7, 11) is 0. The quantitative estimate of drug-likeness (QED) is 0.853. The first-order chi connectivity index (χ1) is 11.3. The third-order valence-electron chi connectivity index (χ3n) is 5.15. The van der Waals surface area contributed by atoms with Gasteiger partial charge >= 0.3 is 0 Å². The highest BCUT2D eigenvalue weighted by molar-refractivity contribution is 5.89. The van der Waals surface area contributed by atoms with E-state index in [0.29, 0.717) is 0 Å². The fraction of sp³-hybridized carbons (Fsp3) is 0.412. The maximum Gasteiger partial charge on any atom is 0.214 e. The van der Waals surface area contributed by atoms with E-state index >= 15 is 0 Å². The summed E-state index contributed by atoms with van der Waals surface area (Å²) in [6.07, 6.45) is -1.23. The molecule has 0 saturated carbocycles. The smallest absolute Gasteiger partial charge is 0.214 e. The summed E-state index contributed by atoms with van der Waals surface area (Å²) in [5.74, 6) is -3.12. The number of hydrogen-bond donors (Lipinski definition) is 1. The molecule has 7 heteroatoms. The molecule has 1 aromatic rings. The molecule has 3 rings (SSSR count). The van der Waals surface area contributed by atoms with Gasteiger partial charge in [-0.2, -0.15) is 15.8 Å². The van der Waals surface area contributed by atoms with Crippen LogP contribution < -0.4 is 0 Å². The van der Waals surface area contributed by atoms with Crippen molar-refractivity contribution in [3.05, 3.63) is 35.6 Å². The molecule has 120 valence electrons. The minimum atomic E-state index is -2.04.